The van der Waals surface area contributed by atoms with Gasteiger partial charge in [-0.05, 0) is 4.92 Å². The zero-order valence-corrected chi connectivity index (χ0v) is 7.49. The molecule has 10 nitrogen and oxygen atoms in total. The molecule has 2 heterocycles. The van der Waals surface area contributed by atoms with Crippen molar-refractivity contribution in [1.29, 1.82) is 0 Å². The van der Waals surface area contributed by atoms with Gasteiger partial charge < -0.3 is 21.1 Å². The van der Waals surface area contributed by atoms with Gasteiger partial charge in [-0.25, -0.2) is 0 Å². The Labute approximate surface area is 81.6 Å². The van der Waals surface area contributed by atoms with Crippen LogP contribution in [0.25, 0.3) is 11.0 Å². The topological polar surface area (TPSA) is 140 Å². The molecule has 10 heteroatoms. The summed E-state index contributed by atoms with van der Waals surface area (Å²) in [6, 6.07) is 0. The molecular formula is C5H5N7O3. The van der Waals surface area contributed by atoms with Crippen molar-refractivity contribution in [3.63, 3.8) is 0 Å². The number of hydrogen-bond acceptors (Lipinski definition) is 7. The van der Waals surface area contributed by atoms with Crippen molar-refractivity contribution in [3.05, 3.63) is 15.3 Å². The van der Waals surface area contributed by atoms with E-state index in [1.54, 1.807) is 0 Å². The minimum Gasteiger partial charge on any atom is -0.569 e. The first-order chi connectivity index (χ1) is 7.00. The molecule has 2 aromatic rings. The van der Waals surface area contributed by atoms with Gasteiger partial charge in [-0.2, -0.15) is 4.68 Å². The summed E-state index contributed by atoms with van der Waals surface area (Å²) in [7, 11) is 1.42. The van der Waals surface area contributed by atoms with Crippen molar-refractivity contribution >= 4 is 22.7 Å². The Bertz CT molecular complexity index is 561. The van der Waals surface area contributed by atoms with Gasteiger partial charge in [0, 0.05) is 0 Å². The molecule has 0 unspecified atom stereocenters. The second kappa shape index (κ2) is 2.73. The van der Waals surface area contributed by atoms with Gasteiger partial charge in [0.1, 0.15) is 0 Å². The van der Waals surface area contributed by atoms with Gasteiger partial charge in [-0.15, -0.1) is 0 Å². The molecule has 0 aliphatic carbocycles. The molecular weight excluding hydrogens is 206 g/mol. The van der Waals surface area contributed by atoms with Crippen LogP contribution in [0.1, 0.15) is 0 Å². The molecule has 0 aliphatic heterocycles. The summed E-state index contributed by atoms with van der Waals surface area (Å²) < 4.78 is 1.10. The Hall–Kier alpha value is -2.52. The lowest BCUT2D eigenvalue weighted by atomic mass is 10.4. The Morgan fingerprint density at radius 3 is 2.80 bits per heavy atom. The molecule has 0 fully saturated rings. The van der Waals surface area contributed by atoms with Crippen molar-refractivity contribution in [2.75, 3.05) is 5.73 Å². The van der Waals surface area contributed by atoms with Crippen molar-refractivity contribution in [2.45, 2.75) is 0 Å². The Kier molecular flexibility index (Phi) is 1.65. The molecule has 0 aromatic carbocycles. The summed E-state index contributed by atoms with van der Waals surface area (Å²) in [6.45, 7) is 0. The van der Waals surface area contributed by atoms with E-state index in [1.165, 1.54) is 7.05 Å². The lowest BCUT2D eigenvalue weighted by Gasteiger charge is -1.92. The summed E-state index contributed by atoms with van der Waals surface area (Å²) >= 11 is 0. The molecule has 0 saturated heterocycles. The second-order valence-electron chi connectivity index (χ2n) is 2.74. The van der Waals surface area contributed by atoms with Gasteiger partial charge >= 0.3 is 5.82 Å². The zero-order chi connectivity index (χ0) is 11.2. The van der Waals surface area contributed by atoms with Gasteiger partial charge in [0.2, 0.25) is 5.82 Å². The molecule has 78 valence electrons. The van der Waals surface area contributed by atoms with Crippen LogP contribution in [-0.2, 0) is 7.05 Å². The Balaban J connectivity index is 2.93. The Morgan fingerprint density at radius 1 is 1.53 bits per heavy atom. The van der Waals surface area contributed by atoms with Crippen molar-refractivity contribution in [1.82, 2.24) is 20.0 Å². The van der Waals surface area contributed by atoms with Gasteiger partial charge in [0.05, 0.1) is 27.3 Å². The van der Waals surface area contributed by atoms with E-state index in [0.29, 0.717) is 0 Å². The molecule has 0 radical (unpaired) electrons. The molecule has 2 aromatic heterocycles. The van der Waals surface area contributed by atoms with Crippen LogP contribution in [0, 0.1) is 15.3 Å². The van der Waals surface area contributed by atoms with Crippen LogP contribution in [-0.4, -0.2) is 24.9 Å². The van der Waals surface area contributed by atoms with Crippen molar-refractivity contribution < 1.29 is 9.88 Å². The molecule has 0 saturated carbocycles. The van der Waals surface area contributed by atoms with E-state index >= 15 is 0 Å². The Morgan fingerprint density at radius 2 is 2.20 bits per heavy atom. The zero-order valence-electron chi connectivity index (χ0n) is 7.49. The van der Waals surface area contributed by atoms with E-state index in [-0.39, 0.29) is 21.8 Å². The fourth-order valence-electron chi connectivity index (χ4n) is 1.22. The van der Waals surface area contributed by atoms with E-state index < -0.39 is 10.7 Å². The number of fused-ring (bicyclic) bond motifs is 1. The monoisotopic (exact) mass is 211 g/mol. The number of rotatable bonds is 1. The standard InChI is InChI=1S/C5H5N7O3/c1-10-4-2(5(8-10)11(13)14)3(6)7-12(15)9-4/h1H3,(H2,6,7,9). The maximum absolute atomic E-state index is 10.8. The van der Waals surface area contributed by atoms with Gasteiger partial charge in [0.25, 0.3) is 5.65 Å². The number of nitrogens with two attached hydrogens (primary N) is 1. The highest BCUT2D eigenvalue weighted by Gasteiger charge is 2.27. The first-order valence-electron chi connectivity index (χ1n) is 3.75. The molecule has 15 heavy (non-hydrogen) atoms. The van der Waals surface area contributed by atoms with Crippen molar-refractivity contribution in [3.8, 4) is 0 Å². The predicted molar refractivity (Wildman–Crippen MR) is 46.3 cm³/mol. The molecule has 0 spiro atoms. The molecule has 0 bridgehead atoms. The SMILES string of the molecule is Cn1nc([N+](=O)[O-])c2c(N)n[n+]([O-])nc21. The van der Waals surface area contributed by atoms with E-state index in [9.17, 15) is 15.3 Å². The fraction of sp³-hybridized carbons (Fsp3) is 0.200. The fourth-order valence-corrected chi connectivity index (χ4v) is 1.22. The van der Waals surface area contributed by atoms with Crippen LogP contribution >= 0.6 is 0 Å². The minimum absolute atomic E-state index is 0.0108. The molecule has 0 atom stereocenters. The second-order valence-corrected chi connectivity index (χ2v) is 2.74. The molecule has 2 N–H and O–H groups in total. The highest BCUT2D eigenvalue weighted by molar-refractivity contribution is 5.92. The average Bonchev–Trinajstić information content (AvgIpc) is 2.44. The number of aryl methyl sites for hydroxylation is 1. The molecule has 2 rings (SSSR count). The first-order valence-corrected chi connectivity index (χ1v) is 3.75. The van der Waals surface area contributed by atoms with Crippen LogP contribution in [0.3, 0.4) is 0 Å². The summed E-state index contributed by atoms with van der Waals surface area (Å²) in [5.74, 6) is -0.736. The highest BCUT2D eigenvalue weighted by Crippen LogP contribution is 2.24. The largest absolute Gasteiger partial charge is 0.569 e. The summed E-state index contributed by atoms with van der Waals surface area (Å²) in [5, 5.41) is 31.6. The van der Waals surface area contributed by atoms with E-state index in [2.05, 4.69) is 15.3 Å². The lowest BCUT2D eigenvalue weighted by Crippen LogP contribution is -2.36. The van der Waals surface area contributed by atoms with Crippen LogP contribution in [0.15, 0.2) is 0 Å². The van der Waals surface area contributed by atoms with Crippen molar-refractivity contribution in [2.24, 2.45) is 7.05 Å². The summed E-state index contributed by atoms with van der Waals surface area (Å²) in [5.41, 5.74) is 5.40. The summed E-state index contributed by atoms with van der Waals surface area (Å²) in [4.78, 5) is 9.88. The summed E-state index contributed by atoms with van der Waals surface area (Å²) in [6.07, 6.45) is 0. The number of anilines is 1. The maximum atomic E-state index is 10.8. The minimum atomic E-state index is -0.711. The molecule has 0 aliphatic rings. The van der Waals surface area contributed by atoms with Crippen LogP contribution in [0.5, 0.6) is 0 Å². The van der Waals surface area contributed by atoms with E-state index in [4.69, 9.17) is 5.73 Å². The number of nitrogen functional groups attached to an aromatic ring is 1. The third-order valence-corrected chi connectivity index (χ3v) is 1.80. The number of nitro groups is 1. The first kappa shape index (κ1) is 9.05. The lowest BCUT2D eigenvalue weighted by molar-refractivity contribution is -0.724. The smallest absolute Gasteiger partial charge is 0.403 e. The number of nitrogens with zero attached hydrogens (tertiary/aromatic N) is 6. The van der Waals surface area contributed by atoms with Gasteiger partial charge in [-0.1, -0.05) is 0 Å². The maximum Gasteiger partial charge on any atom is 0.403 e. The molecule has 0 amide bonds. The van der Waals surface area contributed by atoms with Crippen LogP contribution in [0.4, 0.5) is 11.6 Å². The average molecular weight is 211 g/mol. The quantitative estimate of drug-likeness (QED) is 0.261. The van der Waals surface area contributed by atoms with E-state index in [0.717, 1.165) is 4.68 Å². The number of aromatic nitrogens is 5. The van der Waals surface area contributed by atoms with E-state index in [1.807, 2.05) is 0 Å². The highest BCUT2D eigenvalue weighted by atomic mass is 16.6. The third-order valence-electron chi connectivity index (χ3n) is 1.80. The van der Waals surface area contributed by atoms with Gasteiger partial charge in [0.15, 0.2) is 5.39 Å². The van der Waals surface area contributed by atoms with Crippen LogP contribution < -0.4 is 10.7 Å². The predicted octanol–water partition coefficient (Wildman–Crippen LogP) is -1.51. The van der Waals surface area contributed by atoms with Crippen LogP contribution in [0.2, 0.25) is 0 Å². The third kappa shape index (κ3) is 1.19. The number of hydrogen-bond donors (Lipinski definition) is 1. The van der Waals surface area contributed by atoms with Gasteiger partial charge in [-0.3, -0.25) is 0 Å². The normalized spacial score (nSPS) is 10.7.